The van der Waals surface area contributed by atoms with Gasteiger partial charge in [-0.25, -0.2) is 4.79 Å². The van der Waals surface area contributed by atoms with Crippen LogP contribution in [0.1, 0.15) is 0 Å². The highest BCUT2D eigenvalue weighted by Crippen LogP contribution is 2.09. The summed E-state index contributed by atoms with van der Waals surface area (Å²) < 4.78 is 4.40. The molecule has 1 heterocycles. The molecule has 5 heteroatoms. The molecule has 0 aromatic carbocycles. The number of aliphatic hydroxyl groups is 1. The smallest absolute Gasteiger partial charge is 0.404 e. The Bertz CT molecular complexity index is 144. The fraction of sp³-hybridized carbons (Fsp3) is 0.800. The quantitative estimate of drug-likeness (QED) is 0.438. The molecule has 1 amide bonds. The van der Waals surface area contributed by atoms with E-state index in [1.165, 1.54) is 0 Å². The Labute approximate surface area is 58.2 Å². The molecule has 1 aliphatic heterocycles. The van der Waals surface area contributed by atoms with Crippen LogP contribution in [0.5, 0.6) is 0 Å². The second-order valence-corrected chi connectivity index (χ2v) is 2.44. The topological polar surface area (TPSA) is 84.6 Å². The molecule has 0 unspecified atom stereocenters. The van der Waals surface area contributed by atoms with E-state index < -0.39 is 11.7 Å². The fourth-order valence-corrected chi connectivity index (χ4v) is 0.721. The lowest BCUT2D eigenvalue weighted by Gasteiger charge is -2.36. The molecule has 10 heavy (non-hydrogen) atoms. The van der Waals surface area contributed by atoms with E-state index in [1.807, 2.05) is 0 Å². The summed E-state index contributed by atoms with van der Waals surface area (Å²) in [5, 5.41) is 12.1. The molecule has 1 rings (SSSR count). The average molecular weight is 146 g/mol. The van der Waals surface area contributed by atoms with E-state index in [9.17, 15) is 9.90 Å². The largest absolute Gasteiger partial charge is 0.447 e. The average Bonchev–Trinajstić information content (AvgIpc) is 1.79. The third-order valence-electron chi connectivity index (χ3n) is 1.39. The maximum Gasteiger partial charge on any atom is 0.404 e. The van der Waals surface area contributed by atoms with Gasteiger partial charge in [-0.1, -0.05) is 0 Å². The van der Waals surface area contributed by atoms with Crippen LogP contribution in [0.4, 0.5) is 4.79 Å². The second-order valence-electron chi connectivity index (χ2n) is 2.44. The van der Waals surface area contributed by atoms with Crippen LogP contribution < -0.4 is 11.1 Å². The third kappa shape index (κ3) is 1.58. The van der Waals surface area contributed by atoms with Crippen molar-refractivity contribution in [2.75, 3.05) is 19.7 Å². The van der Waals surface area contributed by atoms with E-state index in [0.717, 1.165) is 0 Å². The van der Waals surface area contributed by atoms with Gasteiger partial charge in [-0.3, -0.25) is 0 Å². The molecule has 0 saturated carbocycles. The number of primary amides is 1. The summed E-state index contributed by atoms with van der Waals surface area (Å²) in [5.41, 5.74) is 3.81. The fourth-order valence-electron chi connectivity index (χ4n) is 0.721. The van der Waals surface area contributed by atoms with Crippen molar-refractivity contribution in [1.82, 2.24) is 5.32 Å². The van der Waals surface area contributed by atoms with Gasteiger partial charge in [-0.2, -0.15) is 0 Å². The van der Waals surface area contributed by atoms with E-state index in [2.05, 4.69) is 15.8 Å². The number of amides is 1. The van der Waals surface area contributed by atoms with Crippen molar-refractivity contribution in [3.8, 4) is 0 Å². The van der Waals surface area contributed by atoms with Gasteiger partial charge in [-0.05, 0) is 0 Å². The zero-order valence-corrected chi connectivity index (χ0v) is 5.46. The number of ether oxygens (including phenoxy) is 1. The van der Waals surface area contributed by atoms with Crippen LogP contribution in [0.2, 0.25) is 0 Å². The summed E-state index contributed by atoms with van der Waals surface area (Å²) in [4.78, 5) is 10.1. The molecule has 0 aliphatic carbocycles. The minimum Gasteiger partial charge on any atom is -0.447 e. The Morgan fingerprint density at radius 1 is 1.80 bits per heavy atom. The lowest BCUT2D eigenvalue weighted by Crippen LogP contribution is -2.62. The monoisotopic (exact) mass is 146 g/mol. The van der Waals surface area contributed by atoms with Crippen LogP contribution in [0.3, 0.4) is 0 Å². The number of carbonyl (C=O) groups is 1. The van der Waals surface area contributed by atoms with Crippen molar-refractivity contribution in [3.05, 3.63) is 0 Å². The van der Waals surface area contributed by atoms with Crippen molar-refractivity contribution < 1.29 is 14.6 Å². The zero-order valence-electron chi connectivity index (χ0n) is 5.46. The molecule has 58 valence electrons. The van der Waals surface area contributed by atoms with E-state index in [4.69, 9.17) is 0 Å². The first-order valence-corrected chi connectivity index (χ1v) is 2.98. The summed E-state index contributed by atoms with van der Waals surface area (Å²) >= 11 is 0. The van der Waals surface area contributed by atoms with Crippen molar-refractivity contribution in [3.63, 3.8) is 0 Å². The van der Waals surface area contributed by atoms with Gasteiger partial charge in [0.05, 0.1) is 0 Å². The summed E-state index contributed by atoms with van der Waals surface area (Å²) in [6, 6.07) is 0. The van der Waals surface area contributed by atoms with Crippen LogP contribution >= 0.6 is 0 Å². The number of hydrogen-bond donors (Lipinski definition) is 3. The minimum absolute atomic E-state index is 0.0185. The summed E-state index contributed by atoms with van der Waals surface area (Å²) in [6.45, 7) is 0.899. The van der Waals surface area contributed by atoms with Gasteiger partial charge in [0.2, 0.25) is 0 Å². The maximum atomic E-state index is 10.1. The third-order valence-corrected chi connectivity index (χ3v) is 1.39. The number of carbonyl (C=O) groups excluding carboxylic acids is 1. The van der Waals surface area contributed by atoms with Gasteiger partial charge >= 0.3 is 6.09 Å². The van der Waals surface area contributed by atoms with Gasteiger partial charge in [0.15, 0.2) is 0 Å². The van der Waals surface area contributed by atoms with Gasteiger partial charge in [0, 0.05) is 13.1 Å². The van der Waals surface area contributed by atoms with E-state index >= 15 is 0 Å². The first kappa shape index (κ1) is 7.30. The van der Waals surface area contributed by atoms with Gasteiger partial charge in [0.1, 0.15) is 12.2 Å². The Morgan fingerprint density at radius 2 is 2.40 bits per heavy atom. The van der Waals surface area contributed by atoms with Gasteiger partial charge in [-0.15, -0.1) is 0 Å². The van der Waals surface area contributed by atoms with E-state index in [0.29, 0.717) is 13.1 Å². The zero-order chi connectivity index (χ0) is 7.61. The molecule has 4 N–H and O–H groups in total. The second kappa shape index (κ2) is 2.43. The summed E-state index contributed by atoms with van der Waals surface area (Å²) in [7, 11) is 0. The summed E-state index contributed by atoms with van der Waals surface area (Å²) in [5.74, 6) is 0. The van der Waals surface area contributed by atoms with Crippen molar-refractivity contribution in [1.29, 1.82) is 0 Å². The van der Waals surface area contributed by atoms with E-state index in [-0.39, 0.29) is 6.61 Å². The molecule has 0 atom stereocenters. The number of hydrogen-bond acceptors (Lipinski definition) is 4. The standard InChI is InChI=1S/C5H10N2O3/c6-4(8)10-3-5(9)1-7-2-5/h7,9H,1-3H2,(H2,6,8). The molecule has 0 spiro atoms. The normalized spacial score (nSPS) is 21.3. The minimum atomic E-state index is -0.880. The molecule has 1 saturated heterocycles. The highest BCUT2D eigenvalue weighted by molar-refractivity contribution is 5.64. The van der Waals surface area contributed by atoms with Crippen LogP contribution in [0.25, 0.3) is 0 Å². The molecule has 5 nitrogen and oxygen atoms in total. The lowest BCUT2D eigenvalue weighted by molar-refractivity contribution is -0.0563. The van der Waals surface area contributed by atoms with E-state index in [1.54, 1.807) is 0 Å². The molecule has 0 radical (unpaired) electrons. The van der Waals surface area contributed by atoms with Gasteiger partial charge < -0.3 is 20.9 Å². The number of nitrogens with one attached hydrogen (secondary N) is 1. The lowest BCUT2D eigenvalue weighted by atomic mass is 9.99. The number of nitrogens with two attached hydrogens (primary N) is 1. The van der Waals surface area contributed by atoms with Crippen LogP contribution in [0.15, 0.2) is 0 Å². The first-order chi connectivity index (χ1) is 4.62. The molecule has 0 aromatic heterocycles. The van der Waals surface area contributed by atoms with Crippen molar-refractivity contribution in [2.45, 2.75) is 5.60 Å². The van der Waals surface area contributed by atoms with Crippen molar-refractivity contribution >= 4 is 6.09 Å². The maximum absolute atomic E-state index is 10.1. The highest BCUT2D eigenvalue weighted by Gasteiger charge is 2.35. The molecule has 0 aromatic rings. The molecule has 1 aliphatic rings. The van der Waals surface area contributed by atoms with Crippen LogP contribution in [0, 0.1) is 0 Å². The Balaban J connectivity index is 2.18. The Hall–Kier alpha value is -0.810. The summed E-state index contributed by atoms with van der Waals surface area (Å²) in [6.07, 6.45) is -0.847. The van der Waals surface area contributed by atoms with Crippen molar-refractivity contribution in [2.24, 2.45) is 5.73 Å². The number of rotatable bonds is 2. The number of β-amino-alcohol motifs (C(OH)–C–C–N with tert-alkyl or cyclic N) is 1. The Morgan fingerprint density at radius 3 is 2.70 bits per heavy atom. The predicted molar refractivity (Wildman–Crippen MR) is 33.4 cm³/mol. The SMILES string of the molecule is NC(=O)OCC1(O)CNC1. The molecule has 1 fully saturated rings. The molecular formula is C5H10N2O3. The van der Waals surface area contributed by atoms with Crippen LogP contribution in [-0.2, 0) is 4.74 Å². The van der Waals surface area contributed by atoms with Gasteiger partial charge in [0.25, 0.3) is 0 Å². The Kier molecular flexibility index (Phi) is 1.78. The van der Waals surface area contributed by atoms with Crippen LogP contribution in [-0.4, -0.2) is 36.5 Å². The highest BCUT2D eigenvalue weighted by atomic mass is 16.6. The molecule has 0 bridgehead atoms. The first-order valence-electron chi connectivity index (χ1n) is 2.98. The predicted octanol–water partition coefficient (Wildman–Crippen LogP) is -1.58. The molecular weight excluding hydrogens is 136 g/mol.